The van der Waals surface area contributed by atoms with Gasteiger partial charge in [-0.3, -0.25) is 19.4 Å². The monoisotopic (exact) mass is 463 g/mol. The van der Waals surface area contributed by atoms with E-state index >= 15 is 0 Å². The van der Waals surface area contributed by atoms with Crippen molar-refractivity contribution in [1.82, 2.24) is 24.8 Å². The summed E-state index contributed by atoms with van der Waals surface area (Å²) in [6, 6.07) is 3.61. The highest BCUT2D eigenvalue weighted by Gasteiger charge is 2.39. The van der Waals surface area contributed by atoms with Crippen molar-refractivity contribution in [2.45, 2.75) is 39.0 Å². The lowest BCUT2D eigenvalue weighted by molar-refractivity contribution is 0.0650. The van der Waals surface area contributed by atoms with Crippen LogP contribution in [0.5, 0.6) is 0 Å². The van der Waals surface area contributed by atoms with E-state index in [2.05, 4.69) is 29.7 Å². The minimum atomic E-state index is -0.176. The third kappa shape index (κ3) is 4.61. The van der Waals surface area contributed by atoms with Gasteiger partial charge in [-0.2, -0.15) is 0 Å². The highest BCUT2D eigenvalue weighted by atomic mass is 16.2. The van der Waals surface area contributed by atoms with Crippen LogP contribution in [0.4, 0.5) is 11.8 Å². The van der Waals surface area contributed by atoms with Gasteiger partial charge in [0.05, 0.1) is 11.1 Å². The first-order valence-electron chi connectivity index (χ1n) is 12.5. The number of imide groups is 1. The number of aryl methyl sites for hydroxylation is 1. The minimum absolute atomic E-state index is 0.166. The normalized spacial score (nSPS) is 19.1. The van der Waals surface area contributed by atoms with Gasteiger partial charge in [0.25, 0.3) is 11.8 Å². The molecule has 0 N–H and O–H groups in total. The van der Waals surface area contributed by atoms with Crippen LogP contribution in [0.25, 0.3) is 0 Å². The number of fused-ring (bicyclic) bond motifs is 1. The van der Waals surface area contributed by atoms with E-state index in [9.17, 15) is 9.59 Å². The Morgan fingerprint density at radius 1 is 0.824 bits per heavy atom. The van der Waals surface area contributed by atoms with Crippen molar-refractivity contribution in [2.24, 2.45) is 0 Å². The van der Waals surface area contributed by atoms with E-state index < -0.39 is 0 Å². The van der Waals surface area contributed by atoms with Gasteiger partial charge in [0, 0.05) is 63.9 Å². The predicted octanol–water partition coefficient (Wildman–Crippen LogP) is 2.37. The SMILES string of the molecule is Cc1cc2c(c(N3CCCCC3)n1)C(=O)N(CCCCN1CCN(c3ncccn3)CC1)C2=O. The molecule has 2 aromatic rings. The summed E-state index contributed by atoms with van der Waals surface area (Å²) in [6.45, 7) is 8.88. The molecule has 0 aromatic carbocycles. The first kappa shape index (κ1) is 22.7. The van der Waals surface area contributed by atoms with Gasteiger partial charge in [-0.25, -0.2) is 15.0 Å². The van der Waals surface area contributed by atoms with Crippen molar-refractivity contribution in [3.63, 3.8) is 0 Å². The van der Waals surface area contributed by atoms with Crippen LogP contribution in [0.15, 0.2) is 24.5 Å². The lowest BCUT2D eigenvalue weighted by atomic mass is 10.1. The van der Waals surface area contributed by atoms with Crippen molar-refractivity contribution in [2.75, 3.05) is 62.2 Å². The second kappa shape index (κ2) is 10.0. The number of aromatic nitrogens is 3. The molecule has 2 fully saturated rings. The molecule has 9 nitrogen and oxygen atoms in total. The fourth-order valence-electron chi connectivity index (χ4n) is 5.18. The molecule has 0 bridgehead atoms. The van der Waals surface area contributed by atoms with Gasteiger partial charge >= 0.3 is 0 Å². The molecule has 0 atom stereocenters. The van der Waals surface area contributed by atoms with Crippen LogP contribution in [0.2, 0.25) is 0 Å². The van der Waals surface area contributed by atoms with Crippen LogP contribution in [0.1, 0.15) is 58.5 Å². The van der Waals surface area contributed by atoms with Crippen molar-refractivity contribution in [3.05, 3.63) is 41.3 Å². The van der Waals surface area contributed by atoms with Crippen molar-refractivity contribution >= 4 is 23.6 Å². The standard InChI is InChI=1S/C25H33N7O2/c1-19-18-20-21(22(28-19)30-11-3-2-4-12-30)24(34)32(23(20)33)13-6-5-10-29-14-16-31(17-15-29)25-26-8-7-9-27-25/h7-9,18H,2-6,10-17H2,1H3. The second-order valence-corrected chi connectivity index (χ2v) is 9.40. The van der Waals surface area contributed by atoms with Crippen LogP contribution in [-0.4, -0.2) is 88.9 Å². The average molecular weight is 464 g/mol. The topological polar surface area (TPSA) is 85.8 Å². The van der Waals surface area contributed by atoms with E-state index in [1.807, 2.05) is 13.0 Å². The molecule has 0 spiro atoms. The summed E-state index contributed by atoms with van der Waals surface area (Å²) in [6.07, 6.45) is 8.72. The molecule has 5 rings (SSSR count). The summed E-state index contributed by atoms with van der Waals surface area (Å²) in [4.78, 5) is 48.0. The molecular formula is C25H33N7O2. The Balaban J connectivity index is 1.14. The lowest BCUT2D eigenvalue weighted by Gasteiger charge is -2.34. The van der Waals surface area contributed by atoms with E-state index in [0.717, 1.165) is 83.1 Å². The quantitative estimate of drug-likeness (QED) is 0.457. The zero-order chi connectivity index (χ0) is 23.5. The summed E-state index contributed by atoms with van der Waals surface area (Å²) in [5.74, 6) is 1.15. The molecule has 0 radical (unpaired) electrons. The predicted molar refractivity (Wildman–Crippen MR) is 130 cm³/mol. The molecule has 0 unspecified atom stereocenters. The number of hydrogen-bond donors (Lipinski definition) is 0. The minimum Gasteiger partial charge on any atom is -0.356 e. The number of piperazine rings is 1. The van der Waals surface area contributed by atoms with Gasteiger partial charge < -0.3 is 9.80 Å². The molecule has 2 aromatic heterocycles. The third-order valence-corrected chi connectivity index (χ3v) is 7.03. The summed E-state index contributed by atoms with van der Waals surface area (Å²) in [5, 5.41) is 0. The number of amides is 2. The first-order valence-corrected chi connectivity index (χ1v) is 12.5. The van der Waals surface area contributed by atoms with Crippen molar-refractivity contribution in [1.29, 1.82) is 0 Å². The number of rotatable bonds is 7. The molecule has 3 aliphatic heterocycles. The summed E-state index contributed by atoms with van der Waals surface area (Å²) in [7, 11) is 0. The van der Waals surface area contributed by atoms with E-state index in [4.69, 9.17) is 0 Å². The first-order chi connectivity index (χ1) is 16.6. The largest absolute Gasteiger partial charge is 0.356 e. The van der Waals surface area contributed by atoms with Gasteiger partial charge in [-0.1, -0.05) is 0 Å². The fraction of sp³-hybridized carbons (Fsp3) is 0.560. The van der Waals surface area contributed by atoms with Gasteiger partial charge in [-0.15, -0.1) is 0 Å². The van der Waals surface area contributed by atoms with Crippen LogP contribution < -0.4 is 9.80 Å². The van der Waals surface area contributed by atoms with Crippen molar-refractivity contribution in [3.8, 4) is 0 Å². The van der Waals surface area contributed by atoms with Gasteiger partial charge in [-0.05, 0) is 57.7 Å². The maximum atomic E-state index is 13.3. The van der Waals surface area contributed by atoms with E-state index in [0.29, 0.717) is 23.5 Å². The highest BCUT2D eigenvalue weighted by Crippen LogP contribution is 2.32. The molecular weight excluding hydrogens is 430 g/mol. The average Bonchev–Trinajstić information content (AvgIpc) is 3.12. The molecule has 2 amide bonds. The second-order valence-electron chi connectivity index (χ2n) is 9.40. The van der Waals surface area contributed by atoms with Gasteiger partial charge in [0.1, 0.15) is 5.82 Å². The number of hydrogen-bond acceptors (Lipinski definition) is 8. The Labute approximate surface area is 200 Å². The van der Waals surface area contributed by atoms with Crippen molar-refractivity contribution < 1.29 is 9.59 Å². The summed E-state index contributed by atoms with van der Waals surface area (Å²) in [5.41, 5.74) is 1.83. The Morgan fingerprint density at radius 3 is 2.26 bits per heavy atom. The molecule has 5 heterocycles. The zero-order valence-electron chi connectivity index (χ0n) is 19.9. The summed E-state index contributed by atoms with van der Waals surface area (Å²) < 4.78 is 0. The van der Waals surface area contributed by atoms with Crippen LogP contribution in [-0.2, 0) is 0 Å². The number of carbonyl (C=O) groups is 2. The number of nitrogens with zero attached hydrogens (tertiary/aromatic N) is 7. The van der Waals surface area contributed by atoms with Gasteiger partial charge in [0.2, 0.25) is 5.95 Å². The summed E-state index contributed by atoms with van der Waals surface area (Å²) >= 11 is 0. The lowest BCUT2D eigenvalue weighted by Crippen LogP contribution is -2.47. The fourth-order valence-corrected chi connectivity index (χ4v) is 5.18. The molecule has 0 aliphatic carbocycles. The molecule has 34 heavy (non-hydrogen) atoms. The number of pyridine rings is 1. The molecule has 0 saturated carbocycles. The Morgan fingerprint density at radius 2 is 1.53 bits per heavy atom. The molecule has 3 aliphatic rings. The molecule has 2 saturated heterocycles. The smallest absolute Gasteiger partial charge is 0.265 e. The highest BCUT2D eigenvalue weighted by molar-refractivity contribution is 6.23. The van der Waals surface area contributed by atoms with Crippen LogP contribution in [0, 0.1) is 6.92 Å². The maximum Gasteiger partial charge on any atom is 0.265 e. The van der Waals surface area contributed by atoms with E-state index in [-0.39, 0.29) is 11.8 Å². The number of unbranched alkanes of at least 4 members (excludes halogenated alkanes) is 1. The molecule has 180 valence electrons. The number of carbonyl (C=O) groups excluding carboxylic acids is 2. The number of piperidine rings is 1. The maximum absolute atomic E-state index is 13.3. The van der Waals surface area contributed by atoms with Crippen LogP contribution in [0.3, 0.4) is 0 Å². The number of anilines is 2. The van der Waals surface area contributed by atoms with Crippen LogP contribution >= 0.6 is 0 Å². The van der Waals surface area contributed by atoms with Gasteiger partial charge in [0.15, 0.2) is 0 Å². The van der Waals surface area contributed by atoms with E-state index in [1.54, 1.807) is 18.5 Å². The van der Waals surface area contributed by atoms with E-state index in [1.165, 1.54) is 11.3 Å². The molecule has 9 heteroatoms. The zero-order valence-corrected chi connectivity index (χ0v) is 19.9. The third-order valence-electron chi connectivity index (χ3n) is 7.03. The Bertz CT molecular complexity index is 1030. The Hall–Kier alpha value is -3.07. The Kier molecular flexibility index (Phi) is 6.71.